The molecule has 2 aromatic carbocycles. The van der Waals surface area contributed by atoms with Crippen LogP contribution >= 0.6 is 0 Å². The highest BCUT2D eigenvalue weighted by atomic mass is 16.5. The van der Waals surface area contributed by atoms with Crippen LogP contribution in [-0.4, -0.2) is 80.1 Å². The first-order chi connectivity index (χ1) is 18.4. The van der Waals surface area contributed by atoms with Crippen LogP contribution in [0.1, 0.15) is 34.8 Å². The molecule has 0 unspecified atom stereocenters. The lowest BCUT2D eigenvalue weighted by Gasteiger charge is -2.37. The molecule has 0 bridgehead atoms. The van der Waals surface area contributed by atoms with Crippen molar-refractivity contribution in [2.75, 3.05) is 47.4 Å². The van der Waals surface area contributed by atoms with Crippen LogP contribution in [0.3, 0.4) is 0 Å². The maximum absolute atomic E-state index is 12.6. The van der Waals surface area contributed by atoms with Crippen molar-refractivity contribution in [3.8, 4) is 5.75 Å². The Morgan fingerprint density at radius 2 is 1.74 bits per heavy atom. The lowest BCUT2D eigenvalue weighted by Crippen LogP contribution is -2.42. The third-order valence-corrected chi connectivity index (χ3v) is 7.00. The van der Waals surface area contributed by atoms with E-state index in [1.54, 1.807) is 12.1 Å². The van der Waals surface area contributed by atoms with Crippen LogP contribution in [0.15, 0.2) is 72.1 Å². The third kappa shape index (κ3) is 6.55. The summed E-state index contributed by atoms with van der Waals surface area (Å²) in [5, 5.41) is 0. The molecule has 0 saturated carbocycles. The van der Waals surface area contributed by atoms with Gasteiger partial charge in [-0.3, -0.25) is 4.90 Å². The van der Waals surface area contributed by atoms with Gasteiger partial charge in [-0.05, 0) is 54.8 Å². The molecule has 2 heterocycles. The van der Waals surface area contributed by atoms with Gasteiger partial charge >= 0.3 is 11.9 Å². The van der Waals surface area contributed by atoms with Crippen LogP contribution in [0.25, 0.3) is 0 Å². The van der Waals surface area contributed by atoms with E-state index in [4.69, 9.17) is 14.2 Å². The van der Waals surface area contributed by atoms with Crippen molar-refractivity contribution in [3.63, 3.8) is 0 Å². The Labute approximate surface area is 225 Å². The average Bonchev–Trinajstić information content (AvgIpc) is 3.40. The number of esters is 2. The van der Waals surface area contributed by atoms with Gasteiger partial charge < -0.3 is 24.0 Å². The fourth-order valence-electron chi connectivity index (χ4n) is 4.94. The number of rotatable bonds is 10. The minimum Gasteiger partial charge on any atom is -0.489 e. The van der Waals surface area contributed by atoms with Gasteiger partial charge in [0.1, 0.15) is 18.2 Å². The van der Waals surface area contributed by atoms with Gasteiger partial charge in [-0.2, -0.15) is 0 Å². The number of methoxy groups -OCH3 is 1. The Morgan fingerprint density at radius 3 is 2.42 bits per heavy atom. The van der Waals surface area contributed by atoms with Crippen LogP contribution in [-0.2, 0) is 27.4 Å². The predicted octanol–water partition coefficient (Wildman–Crippen LogP) is 3.83. The maximum atomic E-state index is 12.6. The summed E-state index contributed by atoms with van der Waals surface area (Å²) in [5.74, 6) is 1.12. The molecule has 8 heteroatoms. The van der Waals surface area contributed by atoms with Gasteiger partial charge in [0.05, 0.1) is 24.9 Å². The van der Waals surface area contributed by atoms with Gasteiger partial charge in [0.15, 0.2) is 0 Å². The predicted molar refractivity (Wildman–Crippen MR) is 145 cm³/mol. The third-order valence-electron chi connectivity index (χ3n) is 7.00. The molecule has 0 aromatic heterocycles. The van der Waals surface area contributed by atoms with Crippen LogP contribution in [0.2, 0.25) is 0 Å². The van der Waals surface area contributed by atoms with E-state index in [1.165, 1.54) is 12.7 Å². The van der Waals surface area contributed by atoms with Crippen molar-refractivity contribution < 1.29 is 23.8 Å². The van der Waals surface area contributed by atoms with Crippen LogP contribution < -0.4 is 4.74 Å². The molecule has 4 rings (SSSR count). The van der Waals surface area contributed by atoms with Gasteiger partial charge in [-0.15, -0.1) is 0 Å². The zero-order chi connectivity index (χ0) is 27.1. The zero-order valence-electron chi connectivity index (χ0n) is 22.7. The highest BCUT2D eigenvalue weighted by molar-refractivity contribution is 5.92. The second-order valence-corrected chi connectivity index (χ2v) is 9.65. The van der Waals surface area contributed by atoms with Crippen molar-refractivity contribution in [2.24, 2.45) is 0 Å². The number of likely N-dealkylation sites (tertiary alicyclic amines) is 1. The number of hydrogen-bond donors (Lipinski definition) is 0. The fourth-order valence-corrected chi connectivity index (χ4v) is 4.94. The minimum absolute atomic E-state index is 0.271. The van der Waals surface area contributed by atoms with Gasteiger partial charge in [0.25, 0.3) is 0 Å². The van der Waals surface area contributed by atoms with Crippen molar-refractivity contribution in [1.82, 2.24) is 14.7 Å². The zero-order valence-corrected chi connectivity index (χ0v) is 22.7. The first-order valence-electron chi connectivity index (χ1n) is 13.0. The molecule has 202 valence electrons. The topological polar surface area (TPSA) is 71.5 Å². The van der Waals surface area contributed by atoms with E-state index in [2.05, 4.69) is 33.9 Å². The number of benzene rings is 2. The summed E-state index contributed by atoms with van der Waals surface area (Å²) in [7, 11) is 5.47. The first kappa shape index (κ1) is 27.3. The molecule has 0 spiro atoms. The molecule has 2 aliphatic rings. The van der Waals surface area contributed by atoms with Crippen molar-refractivity contribution >= 4 is 11.9 Å². The quantitative estimate of drug-likeness (QED) is 0.439. The molecule has 1 fully saturated rings. The summed E-state index contributed by atoms with van der Waals surface area (Å²) in [6.45, 7) is 6.17. The molecule has 0 amide bonds. The van der Waals surface area contributed by atoms with E-state index in [9.17, 15) is 9.59 Å². The van der Waals surface area contributed by atoms with Gasteiger partial charge in [0, 0.05) is 46.3 Å². The van der Waals surface area contributed by atoms with E-state index < -0.39 is 0 Å². The van der Waals surface area contributed by atoms with E-state index in [-0.39, 0.29) is 11.9 Å². The first-order valence-corrected chi connectivity index (χ1v) is 13.0. The number of hydrogen-bond acceptors (Lipinski definition) is 8. The normalized spacial score (nSPS) is 17.5. The Morgan fingerprint density at radius 1 is 1.03 bits per heavy atom. The van der Waals surface area contributed by atoms with Gasteiger partial charge in [0.2, 0.25) is 0 Å². The highest BCUT2D eigenvalue weighted by Gasteiger charge is 2.31. The number of nitrogens with zero attached hydrogens (tertiary/aromatic N) is 3. The Bertz CT molecular complexity index is 1170. The largest absolute Gasteiger partial charge is 0.489 e. The Kier molecular flexibility index (Phi) is 9.07. The molecular formula is C30H37N3O5. The highest BCUT2D eigenvalue weighted by Crippen LogP contribution is 2.26. The smallest absolute Gasteiger partial charge is 0.341 e. The standard InChI is InChI=1S/C30H37N3O5/c1-5-37-30(35)27-7-6-17-31(2)28(27)32(3)25-16-18-33(20-25)19-22-10-14-26(15-11-22)38-21-23-8-12-24(13-9-23)29(34)36-4/h6-15,25H,5,16-21H2,1-4H3/t25-/m1/s1. The monoisotopic (exact) mass is 519 g/mol. The summed E-state index contributed by atoms with van der Waals surface area (Å²) in [4.78, 5) is 30.9. The summed E-state index contributed by atoms with van der Waals surface area (Å²) < 4.78 is 16.0. The van der Waals surface area contributed by atoms with Gasteiger partial charge in [-0.1, -0.05) is 30.3 Å². The van der Waals surface area contributed by atoms with E-state index in [0.717, 1.165) is 49.7 Å². The second kappa shape index (κ2) is 12.6. The molecule has 0 radical (unpaired) electrons. The summed E-state index contributed by atoms with van der Waals surface area (Å²) >= 11 is 0. The van der Waals surface area contributed by atoms with Crippen molar-refractivity contribution in [1.29, 1.82) is 0 Å². The molecule has 2 aromatic rings. The number of carbonyl (C=O) groups excluding carboxylic acids is 2. The molecule has 0 aliphatic carbocycles. The molecule has 1 saturated heterocycles. The molecule has 0 N–H and O–H groups in total. The molecule has 1 atom stereocenters. The molecular weight excluding hydrogens is 482 g/mol. The SMILES string of the molecule is CCOC(=O)C1=C(N(C)[C@@H]2CCN(Cc3ccc(OCc4ccc(C(=O)OC)cc4)cc3)C2)N(C)CC=C1. The average molecular weight is 520 g/mol. The number of carbonyl (C=O) groups is 2. The van der Waals surface area contributed by atoms with Crippen molar-refractivity contribution in [2.45, 2.75) is 32.5 Å². The summed E-state index contributed by atoms with van der Waals surface area (Å²) in [6.07, 6.45) is 4.92. The van der Waals surface area contributed by atoms with Crippen LogP contribution in [0.5, 0.6) is 5.75 Å². The summed E-state index contributed by atoms with van der Waals surface area (Å²) in [5.41, 5.74) is 3.35. The molecule has 8 nitrogen and oxygen atoms in total. The lowest BCUT2D eigenvalue weighted by molar-refractivity contribution is -0.138. The Balaban J connectivity index is 1.31. The van der Waals surface area contributed by atoms with E-state index in [0.29, 0.717) is 30.4 Å². The lowest BCUT2D eigenvalue weighted by atomic mass is 10.1. The maximum Gasteiger partial charge on any atom is 0.341 e. The van der Waals surface area contributed by atoms with Crippen molar-refractivity contribution in [3.05, 3.63) is 88.8 Å². The second-order valence-electron chi connectivity index (χ2n) is 9.65. The van der Waals surface area contributed by atoms with E-state index in [1.807, 2.05) is 50.4 Å². The number of likely N-dealkylation sites (N-methyl/N-ethyl adjacent to an activating group) is 2. The number of ether oxygens (including phenoxy) is 3. The van der Waals surface area contributed by atoms with Gasteiger partial charge in [-0.25, -0.2) is 9.59 Å². The molecule has 2 aliphatic heterocycles. The summed E-state index contributed by atoms with van der Waals surface area (Å²) in [6, 6.07) is 15.7. The Hall–Kier alpha value is -3.78. The minimum atomic E-state index is -0.346. The van der Waals surface area contributed by atoms with E-state index >= 15 is 0 Å². The fraction of sp³-hybridized carbons (Fsp3) is 0.400. The van der Waals surface area contributed by atoms with Crippen LogP contribution in [0.4, 0.5) is 0 Å². The molecule has 38 heavy (non-hydrogen) atoms. The van der Waals surface area contributed by atoms with Crippen LogP contribution in [0, 0.1) is 0 Å².